The number of carbonyl (C=O) groups is 2. The van der Waals surface area contributed by atoms with Crippen LogP contribution in [-0.2, 0) is 9.59 Å². The molecule has 0 atom stereocenters. The van der Waals surface area contributed by atoms with Crippen molar-refractivity contribution in [1.29, 1.82) is 0 Å². The van der Waals surface area contributed by atoms with Gasteiger partial charge in [0.25, 0.3) is 0 Å². The van der Waals surface area contributed by atoms with E-state index >= 15 is 0 Å². The number of fused-ring (bicyclic) bond motifs is 1. The number of carbonyl (C=O) groups excluding carboxylic acids is 2. The van der Waals surface area contributed by atoms with Gasteiger partial charge in [-0.1, -0.05) is 48.6 Å². The maximum Gasteiger partial charge on any atom is 0.246 e. The first kappa shape index (κ1) is 22.5. The van der Waals surface area contributed by atoms with E-state index in [0.717, 1.165) is 17.5 Å². The van der Waals surface area contributed by atoms with E-state index in [9.17, 15) is 9.59 Å². The Hall–Kier alpha value is -3.72. The van der Waals surface area contributed by atoms with E-state index in [1.807, 2.05) is 55.5 Å². The Labute approximate surface area is 195 Å². The van der Waals surface area contributed by atoms with Crippen LogP contribution in [0.15, 0.2) is 54.6 Å². The van der Waals surface area contributed by atoms with Crippen LogP contribution < -0.4 is 14.8 Å². The Morgan fingerprint density at radius 1 is 1.09 bits per heavy atom. The average molecular weight is 465 g/mol. The molecule has 33 heavy (non-hydrogen) atoms. The second kappa shape index (κ2) is 10.7. The summed E-state index contributed by atoms with van der Waals surface area (Å²) in [7, 11) is 0. The number of aromatic nitrogens is 2. The third-order valence-corrected chi connectivity index (χ3v) is 5.81. The fourth-order valence-corrected chi connectivity index (χ4v) is 4.03. The zero-order valence-electron chi connectivity index (χ0n) is 18.2. The van der Waals surface area contributed by atoms with E-state index in [1.54, 1.807) is 17.1 Å². The summed E-state index contributed by atoms with van der Waals surface area (Å²) in [6.45, 7) is 3.11. The van der Waals surface area contributed by atoms with Crippen LogP contribution in [0.3, 0.4) is 0 Å². The highest BCUT2D eigenvalue weighted by Crippen LogP contribution is 2.37. The minimum Gasteiger partial charge on any atom is -0.454 e. The van der Waals surface area contributed by atoms with E-state index in [2.05, 4.69) is 15.5 Å². The van der Waals surface area contributed by atoms with Gasteiger partial charge in [-0.05, 0) is 36.3 Å². The van der Waals surface area contributed by atoms with Crippen LogP contribution in [0.5, 0.6) is 11.5 Å². The molecule has 0 unspecified atom stereocenters. The SMILES string of the molecule is CCCN(CCC(=O)Nc1nnc(-c2ccc3c(c2)OCO3)s1)C(=O)/C=C/c1ccccc1. The molecule has 0 saturated carbocycles. The summed E-state index contributed by atoms with van der Waals surface area (Å²) in [5.74, 6) is 1.02. The summed E-state index contributed by atoms with van der Waals surface area (Å²) in [5, 5.41) is 12.1. The summed E-state index contributed by atoms with van der Waals surface area (Å²) in [6.07, 6.45) is 4.31. The van der Waals surface area contributed by atoms with Crippen molar-refractivity contribution in [2.24, 2.45) is 0 Å². The minimum atomic E-state index is -0.218. The van der Waals surface area contributed by atoms with Crippen LogP contribution in [0.4, 0.5) is 5.13 Å². The number of hydrogen-bond acceptors (Lipinski definition) is 7. The Bertz CT molecular complexity index is 1150. The molecule has 0 radical (unpaired) electrons. The molecule has 9 heteroatoms. The molecule has 1 aliphatic heterocycles. The van der Waals surface area contributed by atoms with Gasteiger partial charge in [0, 0.05) is 31.1 Å². The molecule has 1 aromatic heterocycles. The molecular weight excluding hydrogens is 440 g/mol. The van der Waals surface area contributed by atoms with Gasteiger partial charge in [-0.3, -0.25) is 9.59 Å². The Morgan fingerprint density at radius 3 is 2.73 bits per heavy atom. The van der Waals surface area contributed by atoms with E-state index in [1.165, 1.54) is 11.3 Å². The number of hydrogen-bond donors (Lipinski definition) is 1. The van der Waals surface area contributed by atoms with E-state index < -0.39 is 0 Å². The fraction of sp³-hybridized carbons (Fsp3) is 0.250. The van der Waals surface area contributed by atoms with Gasteiger partial charge in [-0.25, -0.2) is 0 Å². The molecule has 4 rings (SSSR count). The third kappa shape index (κ3) is 5.95. The van der Waals surface area contributed by atoms with Gasteiger partial charge < -0.3 is 19.7 Å². The maximum absolute atomic E-state index is 12.6. The first-order valence-electron chi connectivity index (χ1n) is 10.7. The topological polar surface area (TPSA) is 93.7 Å². The third-order valence-electron chi connectivity index (χ3n) is 4.92. The van der Waals surface area contributed by atoms with Crippen molar-refractivity contribution >= 4 is 34.4 Å². The highest BCUT2D eigenvalue weighted by molar-refractivity contribution is 7.18. The van der Waals surface area contributed by atoms with Crippen molar-refractivity contribution in [3.63, 3.8) is 0 Å². The van der Waals surface area contributed by atoms with Crippen LogP contribution in [-0.4, -0.2) is 46.8 Å². The summed E-state index contributed by atoms with van der Waals surface area (Å²) in [4.78, 5) is 26.7. The molecular formula is C24H24N4O4S. The number of nitrogens with one attached hydrogen (secondary N) is 1. The monoisotopic (exact) mass is 464 g/mol. The highest BCUT2D eigenvalue weighted by atomic mass is 32.1. The van der Waals surface area contributed by atoms with E-state index in [4.69, 9.17) is 9.47 Å². The van der Waals surface area contributed by atoms with Crippen LogP contribution in [0.2, 0.25) is 0 Å². The predicted molar refractivity (Wildman–Crippen MR) is 127 cm³/mol. The molecule has 170 valence electrons. The maximum atomic E-state index is 12.6. The standard InChI is InChI=1S/C24H24N4O4S/c1-2-13-28(22(30)11-8-17-6-4-3-5-7-17)14-12-21(29)25-24-27-26-23(33-24)18-9-10-19-20(15-18)32-16-31-19/h3-11,15H,2,12-14,16H2,1H3,(H,25,27,29)/b11-8+. The first-order chi connectivity index (χ1) is 16.1. The first-order valence-corrected chi connectivity index (χ1v) is 11.5. The largest absolute Gasteiger partial charge is 0.454 e. The lowest BCUT2D eigenvalue weighted by atomic mass is 10.2. The van der Waals surface area contributed by atoms with Gasteiger partial charge >= 0.3 is 0 Å². The minimum absolute atomic E-state index is 0.116. The molecule has 2 amide bonds. The molecule has 3 aromatic rings. The zero-order chi connectivity index (χ0) is 23.0. The second-order valence-electron chi connectivity index (χ2n) is 7.35. The Balaban J connectivity index is 1.31. The van der Waals surface area contributed by atoms with Crippen molar-refractivity contribution in [2.45, 2.75) is 19.8 Å². The average Bonchev–Trinajstić information content (AvgIpc) is 3.50. The molecule has 0 aliphatic carbocycles. The molecule has 8 nitrogen and oxygen atoms in total. The number of nitrogens with zero attached hydrogens (tertiary/aromatic N) is 3. The molecule has 1 N–H and O–H groups in total. The smallest absolute Gasteiger partial charge is 0.246 e. The molecule has 2 aromatic carbocycles. The summed E-state index contributed by atoms with van der Waals surface area (Å²) in [6, 6.07) is 15.2. The van der Waals surface area contributed by atoms with Crippen LogP contribution in [0, 0.1) is 0 Å². The highest BCUT2D eigenvalue weighted by Gasteiger charge is 2.17. The second-order valence-corrected chi connectivity index (χ2v) is 8.33. The van der Waals surface area contributed by atoms with Gasteiger partial charge in [0.2, 0.25) is 23.7 Å². The lowest BCUT2D eigenvalue weighted by molar-refractivity contribution is -0.126. The Morgan fingerprint density at radius 2 is 1.91 bits per heavy atom. The molecule has 2 heterocycles. The van der Waals surface area contributed by atoms with Crippen molar-refractivity contribution in [1.82, 2.24) is 15.1 Å². The normalized spacial score (nSPS) is 12.2. The fourth-order valence-electron chi connectivity index (χ4n) is 3.28. The molecule has 0 fully saturated rings. The lowest BCUT2D eigenvalue weighted by Gasteiger charge is -2.20. The number of benzene rings is 2. The quantitative estimate of drug-likeness (QED) is 0.477. The van der Waals surface area contributed by atoms with Crippen molar-refractivity contribution in [2.75, 3.05) is 25.2 Å². The van der Waals surface area contributed by atoms with Crippen molar-refractivity contribution in [3.05, 3.63) is 60.2 Å². The molecule has 1 aliphatic rings. The molecule has 0 spiro atoms. The van der Waals surface area contributed by atoms with Gasteiger partial charge in [0.05, 0.1) is 0 Å². The summed E-state index contributed by atoms with van der Waals surface area (Å²) >= 11 is 1.27. The van der Waals surface area contributed by atoms with Crippen LogP contribution in [0.1, 0.15) is 25.3 Å². The van der Waals surface area contributed by atoms with Crippen LogP contribution >= 0.6 is 11.3 Å². The number of rotatable bonds is 9. The molecule has 0 saturated heterocycles. The predicted octanol–water partition coefficient (Wildman–Crippen LogP) is 4.21. The van der Waals surface area contributed by atoms with Gasteiger partial charge in [0.15, 0.2) is 11.5 Å². The Kier molecular flexibility index (Phi) is 7.31. The van der Waals surface area contributed by atoms with E-state index in [-0.39, 0.29) is 25.0 Å². The number of anilines is 1. The van der Waals surface area contributed by atoms with E-state index in [0.29, 0.717) is 34.7 Å². The van der Waals surface area contributed by atoms with Crippen molar-refractivity contribution < 1.29 is 19.1 Å². The summed E-state index contributed by atoms with van der Waals surface area (Å²) < 4.78 is 10.7. The van der Waals surface area contributed by atoms with Crippen LogP contribution in [0.25, 0.3) is 16.6 Å². The lowest BCUT2D eigenvalue weighted by Crippen LogP contribution is -2.33. The van der Waals surface area contributed by atoms with Gasteiger partial charge in [0.1, 0.15) is 5.01 Å². The number of amides is 2. The van der Waals surface area contributed by atoms with Gasteiger partial charge in [-0.15, -0.1) is 10.2 Å². The van der Waals surface area contributed by atoms with Crippen molar-refractivity contribution in [3.8, 4) is 22.1 Å². The van der Waals surface area contributed by atoms with Gasteiger partial charge in [-0.2, -0.15) is 0 Å². The zero-order valence-corrected chi connectivity index (χ0v) is 19.0. The summed E-state index contributed by atoms with van der Waals surface area (Å²) in [5.41, 5.74) is 1.79. The molecule has 0 bridgehead atoms. The number of ether oxygens (including phenoxy) is 2.